The summed E-state index contributed by atoms with van der Waals surface area (Å²) in [5.41, 5.74) is 7.15. The van der Waals surface area contributed by atoms with Crippen LogP contribution in [0.5, 0.6) is 0 Å². The minimum absolute atomic E-state index is 0.422. The quantitative estimate of drug-likeness (QED) is 0.648. The summed E-state index contributed by atoms with van der Waals surface area (Å²) in [6.07, 6.45) is 1.89. The Kier molecular flexibility index (Phi) is 3.65. The fourth-order valence-corrected chi connectivity index (χ4v) is 1.76. The van der Waals surface area contributed by atoms with Crippen molar-refractivity contribution in [1.29, 1.82) is 5.26 Å². The van der Waals surface area contributed by atoms with E-state index in [9.17, 15) is 0 Å². The molecule has 0 bridgehead atoms. The van der Waals surface area contributed by atoms with Crippen LogP contribution in [0.25, 0.3) is 0 Å². The van der Waals surface area contributed by atoms with Crippen molar-refractivity contribution in [3.63, 3.8) is 0 Å². The summed E-state index contributed by atoms with van der Waals surface area (Å²) in [5, 5.41) is 12.4. The Labute approximate surface area is 109 Å². The second-order valence-electron chi connectivity index (χ2n) is 3.48. The third-order valence-electron chi connectivity index (χ3n) is 2.19. The van der Waals surface area contributed by atoms with Gasteiger partial charge >= 0.3 is 0 Å². The van der Waals surface area contributed by atoms with Crippen LogP contribution in [0.3, 0.4) is 0 Å². The molecule has 0 atom stereocenters. The number of nitrogens with one attached hydrogen (secondary N) is 1. The van der Waals surface area contributed by atoms with Gasteiger partial charge in [0.25, 0.3) is 0 Å². The highest BCUT2D eigenvalue weighted by molar-refractivity contribution is 7.98. The number of hydrogen-bond donors (Lipinski definition) is 2. The van der Waals surface area contributed by atoms with Crippen molar-refractivity contribution in [2.24, 2.45) is 0 Å². The molecule has 5 nitrogen and oxygen atoms in total. The third-order valence-corrected chi connectivity index (χ3v) is 2.74. The van der Waals surface area contributed by atoms with E-state index in [1.807, 2.05) is 18.4 Å². The summed E-state index contributed by atoms with van der Waals surface area (Å²) in [4.78, 5) is 8.35. The van der Waals surface area contributed by atoms with E-state index in [0.29, 0.717) is 22.4 Å². The Morgan fingerprint density at radius 1 is 1.28 bits per heavy atom. The van der Waals surface area contributed by atoms with Crippen molar-refractivity contribution in [2.45, 2.75) is 5.16 Å². The van der Waals surface area contributed by atoms with Gasteiger partial charge in [0.2, 0.25) is 0 Å². The molecule has 0 saturated carbocycles. The highest BCUT2D eigenvalue weighted by Gasteiger charge is 2.02. The van der Waals surface area contributed by atoms with Gasteiger partial charge in [0.05, 0.1) is 11.6 Å². The lowest BCUT2D eigenvalue weighted by molar-refractivity contribution is 0.984. The van der Waals surface area contributed by atoms with Gasteiger partial charge in [-0.2, -0.15) is 5.26 Å². The first-order valence-corrected chi connectivity index (χ1v) is 6.39. The molecule has 0 aliphatic heterocycles. The van der Waals surface area contributed by atoms with Crippen molar-refractivity contribution in [2.75, 3.05) is 17.3 Å². The standard InChI is InChI=1S/C12H11N5S/c1-18-12-16-10(14)6-11(17-12)15-9-4-2-8(7-13)3-5-9/h2-6H,1H3,(H3,14,15,16,17). The molecule has 0 amide bonds. The Balaban J connectivity index is 2.22. The van der Waals surface area contributed by atoms with Crippen LogP contribution in [0, 0.1) is 11.3 Å². The number of thioether (sulfide) groups is 1. The largest absolute Gasteiger partial charge is 0.383 e. The van der Waals surface area contributed by atoms with Gasteiger partial charge < -0.3 is 11.1 Å². The van der Waals surface area contributed by atoms with Crippen molar-refractivity contribution < 1.29 is 0 Å². The molecule has 0 fully saturated rings. The van der Waals surface area contributed by atoms with Crippen molar-refractivity contribution in [3.8, 4) is 6.07 Å². The van der Waals surface area contributed by atoms with Gasteiger partial charge in [-0.05, 0) is 30.5 Å². The fraction of sp³-hybridized carbons (Fsp3) is 0.0833. The number of benzene rings is 1. The number of hydrogen-bond acceptors (Lipinski definition) is 6. The van der Waals surface area contributed by atoms with Gasteiger partial charge in [0.1, 0.15) is 11.6 Å². The second-order valence-corrected chi connectivity index (χ2v) is 4.25. The molecule has 0 spiro atoms. The molecular formula is C12H11N5S. The highest BCUT2D eigenvalue weighted by Crippen LogP contribution is 2.19. The van der Waals surface area contributed by atoms with Gasteiger partial charge in [0.15, 0.2) is 5.16 Å². The van der Waals surface area contributed by atoms with Gasteiger partial charge in [-0.3, -0.25) is 0 Å². The number of aromatic nitrogens is 2. The molecule has 0 saturated heterocycles. The van der Waals surface area contributed by atoms with E-state index in [4.69, 9.17) is 11.0 Å². The molecule has 1 aromatic heterocycles. The minimum atomic E-state index is 0.422. The third kappa shape index (κ3) is 2.90. The number of nitrogen functional groups attached to an aromatic ring is 1. The average molecular weight is 257 g/mol. The Morgan fingerprint density at radius 3 is 2.61 bits per heavy atom. The maximum Gasteiger partial charge on any atom is 0.191 e. The van der Waals surface area contributed by atoms with E-state index in [0.717, 1.165) is 5.69 Å². The van der Waals surface area contributed by atoms with E-state index >= 15 is 0 Å². The van der Waals surface area contributed by atoms with Crippen LogP contribution >= 0.6 is 11.8 Å². The molecule has 1 aromatic carbocycles. The summed E-state index contributed by atoms with van der Waals surface area (Å²) >= 11 is 1.43. The number of nitrogens with two attached hydrogens (primary N) is 1. The van der Waals surface area contributed by atoms with Crippen molar-refractivity contribution >= 4 is 29.1 Å². The smallest absolute Gasteiger partial charge is 0.191 e. The predicted octanol–water partition coefficient (Wildman–Crippen LogP) is 2.40. The van der Waals surface area contributed by atoms with E-state index < -0.39 is 0 Å². The molecular weight excluding hydrogens is 246 g/mol. The zero-order chi connectivity index (χ0) is 13.0. The summed E-state index contributed by atoms with van der Waals surface area (Å²) < 4.78 is 0. The van der Waals surface area contributed by atoms with Crippen LogP contribution in [-0.4, -0.2) is 16.2 Å². The Hall–Kier alpha value is -2.26. The van der Waals surface area contributed by atoms with Crippen molar-refractivity contribution in [1.82, 2.24) is 9.97 Å². The lowest BCUT2D eigenvalue weighted by atomic mass is 10.2. The summed E-state index contributed by atoms with van der Waals surface area (Å²) in [5.74, 6) is 1.06. The van der Waals surface area contributed by atoms with Crippen LogP contribution < -0.4 is 11.1 Å². The normalized spacial score (nSPS) is 9.78. The molecule has 0 radical (unpaired) electrons. The Morgan fingerprint density at radius 2 is 2.00 bits per heavy atom. The summed E-state index contributed by atoms with van der Waals surface area (Å²) in [6, 6.07) is 10.8. The molecule has 6 heteroatoms. The van der Waals surface area contributed by atoms with E-state index in [-0.39, 0.29) is 0 Å². The molecule has 0 aliphatic rings. The van der Waals surface area contributed by atoms with E-state index in [1.165, 1.54) is 11.8 Å². The highest BCUT2D eigenvalue weighted by atomic mass is 32.2. The zero-order valence-corrected chi connectivity index (χ0v) is 10.5. The first-order chi connectivity index (χ1) is 8.71. The molecule has 0 unspecified atom stereocenters. The number of rotatable bonds is 3. The number of nitrogens with zero attached hydrogens (tertiary/aromatic N) is 3. The van der Waals surface area contributed by atoms with Crippen LogP contribution in [0.2, 0.25) is 0 Å². The van der Waals surface area contributed by atoms with Gasteiger partial charge in [0, 0.05) is 11.8 Å². The summed E-state index contributed by atoms with van der Waals surface area (Å²) in [7, 11) is 0. The number of anilines is 3. The topological polar surface area (TPSA) is 87.6 Å². The average Bonchev–Trinajstić information content (AvgIpc) is 2.39. The van der Waals surface area contributed by atoms with E-state index in [1.54, 1.807) is 18.2 Å². The van der Waals surface area contributed by atoms with Crippen LogP contribution in [0.1, 0.15) is 5.56 Å². The first-order valence-electron chi connectivity index (χ1n) is 5.17. The maximum atomic E-state index is 8.71. The zero-order valence-electron chi connectivity index (χ0n) is 9.71. The van der Waals surface area contributed by atoms with Crippen LogP contribution in [0.15, 0.2) is 35.5 Å². The molecule has 90 valence electrons. The summed E-state index contributed by atoms with van der Waals surface area (Å²) in [6.45, 7) is 0. The van der Waals surface area contributed by atoms with Crippen LogP contribution in [0.4, 0.5) is 17.3 Å². The minimum Gasteiger partial charge on any atom is -0.383 e. The molecule has 3 N–H and O–H groups in total. The molecule has 2 aromatic rings. The molecule has 2 rings (SSSR count). The van der Waals surface area contributed by atoms with Gasteiger partial charge in [-0.1, -0.05) is 11.8 Å². The predicted molar refractivity (Wildman–Crippen MR) is 72.7 cm³/mol. The Bertz CT molecular complexity index is 588. The van der Waals surface area contributed by atoms with Gasteiger partial charge in [-0.15, -0.1) is 0 Å². The monoisotopic (exact) mass is 257 g/mol. The first kappa shape index (κ1) is 12.2. The lowest BCUT2D eigenvalue weighted by Crippen LogP contribution is -2.00. The maximum absolute atomic E-state index is 8.71. The van der Waals surface area contributed by atoms with Crippen LogP contribution in [-0.2, 0) is 0 Å². The molecule has 0 aliphatic carbocycles. The van der Waals surface area contributed by atoms with E-state index in [2.05, 4.69) is 21.4 Å². The molecule has 18 heavy (non-hydrogen) atoms. The number of nitriles is 1. The fourth-order valence-electron chi connectivity index (χ4n) is 1.37. The van der Waals surface area contributed by atoms with Gasteiger partial charge in [-0.25, -0.2) is 9.97 Å². The van der Waals surface area contributed by atoms with Crippen molar-refractivity contribution in [3.05, 3.63) is 35.9 Å². The SMILES string of the molecule is CSc1nc(N)cc(Nc2ccc(C#N)cc2)n1. The second kappa shape index (κ2) is 5.38. The molecule has 1 heterocycles. The lowest BCUT2D eigenvalue weighted by Gasteiger charge is -2.07.